The first-order valence-corrected chi connectivity index (χ1v) is 5.06. The molecule has 5 heteroatoms. The van der Waals surface area contributed by atoms with Crippen molar-refractivity contribution >= 4 is 11.6 Å². The molecule has 2 N–H and O–H groups in total. The molecule has 0 unspecified atom stereocenters. The second-order valence-corrected chi connectivity index (χ2v) is 4.00. The van der Waals surface area contributed by atoms with Crippen LogP contribution in [0.4, 0.5) is 0 Å². The van der Waals surface area contributed by atoms with E-state index in [1.54, 1.807) is 12.4 Å². The van der Waals surface area contributed by atoms with Gasteiger partial charge in [0.2, 0.25) is 0 Å². The van der Waals surface area contributed by atoms with Crippen molar-refractivity contribution in [3.8, 4) is 0 Å². The van der Waals surface area contributed by atoms with E-state index in [9.17, 15) is 0 Å². The summed E-state index contributed by atoms with van der Waals surface area (Å²) in [6.45, 7) is 2.81. The molecule has 2 heterocycles. The first-order chi connectivity index (χ1) is 6.74. The van der Waals surface area contributed by atoms with Gasteiger partial charge in [-0.2, -0.15) is 0 Å². The number of rotatable bonds is 2. The van der Waals surface area contributed by atoms with Crippen molar-refractivity contribution in [1.29, 1.82) is 0 Å². The number of nitrogens with two attached hydrogens (primary N) is 1. The average Bonchev–Trinajstić information content (AvgIpc) is 2.56. The minimum atomic E-state index is 0.315. The van der Waals surface area contributed by atoms with Crippen molar-refractivity contribution in [3.05, 3.63) is 23.2 Å². The summed E-state index contributed by atoms with van der Waals surface area (Å²) in [5.41, 5.74) is 6.75. The topological polar surface area (TPSA) is 55.0 Å². The Labute approximate surface area is 88.1 Å². The first kappa shape index (κ1) is 9.83. The molecule has 0 radical (unpaired) electrons. The molecule has 0 saturated carbocycles. The number of aromatic nitrogens is 2. The molecule has 0 aliphatic carbocycles. The van der Waals surface area contributed by atoms with Crippen LogP contribution in [0.3, 0.4) is 0 Å². The van der Waals surface area contributed by atoms with E-state index in [0.29, 0.717) is 11.2 Å². The summed E-state index contributed by atoms with van der Waals surface area (Å²) in [5, 5.41) is 0.437. The van der Waals surface area contributed by atoms with Gasteiger partial charge in [0.15, 0.2) is 0 Å². The SMILES string of the molecule is N[C@H]1CCN(Cc2cnc(Cl)cn2)C1. The molecular weight excluding hydrogens is 200 g/mol. The van der Waals surface area contributed by atoms with Crippen molar-refractivity contribution < 1.29 is 0 Å². The van der Waals surface area contributed by atoms with Crippen LogP contribution in [0.25, 0.3) is 0 Å². The Morgan fingerprint density at radius 2 is 2.36 bits per heavy atom. The summed E-state index contributed by atoms with van der Waals surface area (Å²) in [6.07, 6.45) is 4.36. The Morgan fingerprint density at radius 3 is 2.93 bits per heavy atom. The number of hydrogen-bond donors (Lipinski definition) is 1. The van der Waals surface area contributed by atoms with Gasteiger partial charge in [-0.05, 0) is 6.42 Å². The largest absolute Gasteiger partial charge is 0.326 e. The van der Waals surface area contributed by atoms with Gasteiger partial charge in [0.05, 0.1) is 18.1 Å². The van der Waals surface area contributed by atoms with Crippen LogP contribution >= 0.6 is 11.6 Å². The summed E-state index contributed by atoms with van der Waals surface area (Å²) in [5.74, 6) is 0. The smallest absolute Gasteiger partial charge is 0.147 e. The number of likely N-dealkylation sites (tertiary alicyclic amines) is 1. The predicted molar refractivity (Wildman–Crippen MR) is 54.9 cm³/mol. The Balaban J connectivity index is 1.94. The molecule has 0 aromatic carbocycles. The van der Waals surface area contributed by atoms with E-state index in [0.717, 1.165) is 31.7 Å². The molecule has 1 aromatic heterocycles. The zero-order valence-corrected chi connectivity index (χ0v) is 8.61. The third-order valence-electron chi connectivity index (χ3n) is 2.37. The third kappa shape index (κ3) is 2.41. The predicted octanol–water partition coefficient (Wildman–Crippen LogP) is 0.663. The molecule has 1 aliphatic rings. The van der Waals surface area contributed by atoms with Gasteiger partial charge >= 0.3 is 0 Å². The van der Waals surface area contributed by atoms with Crippen LogP contribution in [0.5, 0.6) is 0 Å². The molecule has 76 valence electrons. The summed E-state index contributed by atoms with van der Waals surface area (Å²) in [6, 6.07) is 0.315. The fraction of sp³-hybridized carbons (Fsp3) is 0.556. The van der Waals surface area contributed by atoms with Gasteiger partial charge in [0, 0.05) is 25.7 Å². The number of halogens is 1. The normalized spacial score (nSPS) is 22.9. The molecule has 4 nitrogen and oxygen atoms in total. The van der Waals surface area contributed by atoms with Gasteiger partial charge in [0.25, 0.3) is 0 Å². The molecule has 1 atom stereocenters. The van der Waals surface area contributed by atoms with Crippen molar-refractivity contribution in [2.45, 2.75) is 19.0 Å². The van der Waals surface area contributed by atoms with Crippen LogP contribution in [0.15, 0.2) is 12.4 Å². The summed E-state index contributed by atoms with van der Waals surface area (Å²) in [4.78, 5) is 10.5. The quantitative estimate of drug-likeness (QED) is 0.783. The second-order valence-electron chi connectivity index (χ2n) is 3.61. The van der Waals surface area contributed by atoms with Gasteiger partial charge < -0.3 is 5.73 Å². The Kier molecular flexibility index (Phi) is 2.96. The lowest BCUT2D eigenvalue weighted by Gasteiger charge is -2.13. The molecule has 0 bridgehead atoms. The molecule has 1 aromatic rings. The highest BCUT2D eigenvalue weighted by molar-refractivity contribution is 6.29. The summed E-state index contributed by atoms with van der Waals surface area (Å²) >= 11 is 5.64. The molecule has 1 aliphatic heterocycles. The maximum atomic E-state index is 5.80. The number of nitrogens with zero attached hydrogens (tertiary/aromatic N) is 3. The fourth-order valence-electron chi connectivity index (χ4n) is 1.66. The Bertz CT molecular complexity index is 300. The van der Waals surface area contributed by atoms with E-state index >= 15 is 0 Å². The molecular formula is C9H13ClN4. The second kappa shape index (κ2) is 4.21. The van der Waals surface area contributed by atoms with Crippen LogP contribution in [0.1, 0.15) is 12.1 Å². The van der Waals surface area contributed by atoms with Crippen LogP contribution < -0.4 is 5.73 Å². The van der Waals surface area contributed by atoms with E-state index in [-0.39, 0.29) is 0 Å². The number of hydrogen-bond acceptors (Lipinski definition) is 4. The van der Waals surface area contributed by atoms with Crippen LogP contribution in [-0.4, -0.2) is 34.0 Å². The first-order valence-electron chi connectivity index (χ1n) is 4.68. The molecule has 0 spiro atoms. The minimum Gasteiger partial charge on any atom is -0.326 e. The average molecular weight is 213 g/mol. The third-order valence-corrected chi connectivity index (χ3v) is 2.56. The van der Waals surface area contributed by atoms with E-state index in [1.807, 2.05) is 0 Å². The standard InChI is InChI=1S/C9H13ClN4/c10-9-4-12-8(3-13-9)6-14-2-1-7(11)5-14/h3-4,7H,1-2,5-6,11H2/t7-/m0/s1. The van der Waals surface area contributed by atoms with Crippen LogP contribution in [-0.2, 0) is 6.54 Å². The van der Waals surface area contributed by atoms with Crippen molar-refractivity contribution in [2.24, 2.45) is 5.73 Å². The molecule has 2 rings (SSSR count). The lowest BCUT2D eigenvalue weighted by atomic mass is 10.3. The van der Waals surface area contributed by atoms with Crippen LogP contribution in [0, 0.1) is 0 Å². The van der Waals surface area contributed by atoms with E-state index in [2.05, 4.69) is 14.9 Å². The molecule has 14 heavy (non-hydrogen) atoms. The van der Waals surface area contributed by atoms with Gasteiger partial charge in [-0.25, -0.2) is 4.98 Å². The lowest BCUT2D eigenvalue weighted by Crippen LogP contribution is -2.26. The van der Waals surface area contributed by atoms with Crippen molar-refractivity contribution in [1.82, 2.24) is 14.9 Å². The van der Waals surface area contributed by atoms with Gasteiger partial charge in [-0.3, -0.25) is 9.88 Å². The fourth-order valence-corrected chi connectivity index (χ4v) is 1.75. The molecule has 1 saturated heterocycles. The van der Waals surface area contributed by atoms with Crippen molar-refractivity contribution in [2.75, 3.05) is 13.1 Å². The summed E-state index contributed by atoms with van der Waals surface area (Å²) in [7, 11) is 0. The molecule has 0 amide bonds. The monoisotopic (exact) mass is 212 g/mol. The highest BCUT2D eigenvalue weighted by atomic mass is 35.5. The lowest BCUT2D eigenvalue weighted by molar-refractivity contribution is 0.322. The highest BCUT2D eigenvalue weighted by Gasteiger charge is 2.19. The van der Waals surface area contributed by atoms with E-state index in [1.165, 1.54) is 0 Å². The Morgan fingerprint density at radius 1 is 1.50 bits per heavy atom. The summed E-state index contributed by atoms with van der Waals surface area (Å²) < 4.78 is 0. The zero-order valence-electron chi connectivity index (χ0n) is 7.86. The van der Waals surface area contributed by atoms with E-state index in [4.69, 9.17) is 17.3 Å². The van der Waals surface area contributed by atoms with E-state index < -0.39 is 0 Å². The Hall–Kier alpha value is -0.710. The maximum Gasteiger partial charge on any atom is 0.147 e. The van der Waals surface area contributed by atoms with Gasteiger partial charge in [-0.15, -0.1) is 0 Å². The maximum absolute atomic E-state index is 5.80. The van der Waals surface area contributed by atoms with Crippen molar-refractivity contribution in [3.63, 3.8) is 0 Å². The highest BCUT2D eigenvalue weighted by Crippen LogP contribution is 2.10. The van der Waals surface area contributed by atoms with Crippen LogP contribution in [0.2, 0.25) is 5.15 Å². The zero-order chi connectivity index (χ0) is 9.97. The van der Waals surface area contributed by atoms with Gasteiger partial charge in [0.1, 0.15) is 5.15 Å². The minimum absolute atomic E-state index is 0.315. The van der Waals surface area contributed by atoms with Gasteiger partial charge in [-0.1, -0.05) is 11.6 Å². The molecule has 1 fully saturated rings.